The van der Waals surface area contributed by atoms with E-state index in [1.165, 1.54) is 6.92 Å². The highest BCUT2D eigenvalue weighted by Gasteiger charge is 2.35. The molecule has 12 nitrogen and oxygen atoms in total. The quantitative estimate of drug-likeness (QED) is 0.261. The first-order chi connectivity index (χ1) is 17.8. The minimum absolute atomic E-state index is 0.149. The fourth-order valence-electron chi connectivity index (χ4n) is 3.15. The van der Waals surface area contributed by atoms with E-state index in [2.05, 4.69) is 25.6 Å². The lowest BCUT2D eigenvalue weighted by Gasteiger charge is -2.18. The van der Waals surface area contributed by atoms with Gasteiger partial charge in [0.05, 0.1) is 11.7 Å². The van der Waals surface area contributed by atoms with Crippen LogP contribution < -0.4 is 15.4 Å². The van der Waals surface area contributed by atoms with Gasteiger partial charge >= 0.3 is 24.1 Å². The van der Waals surface area contributed by atoms with Crippen molar-refractivity contribution in [2.45, 2.75) is 26.1 Å². The molecule has 3 heterocycles. The number of nitrogens with zero attached hydrogens (tertiary/aromatic N) is 3. The topological polar surface area (TPSA) is 184 Å². The zero-order chi connectivity index (χ0) is 28.2. The molecule has 1 atom stereocenters. The second kappa shape index (κ2) is 11.4. The highest BCUT2D eigenvalue weighted by Crippen LogP contribution is 2.43. The smallest absolute Gasteiger partial charge is 0.434 e. The van der Waals surface area contributed by atoms with Gasteiger partial charge in [-0.1, -0.05) is 0 Å². The van der Waals surface area contributed by atoms with E-state index < -0.39 is 57.9 Å². The molecule has 0 aromatic carbocycles. The number of aromatic nitrogens is 3. The first-order valence-electron chi connectivity index (χ1n) is 10.7. The maximum absolute atomic E-state index is 13.3. The molecule has 38 heavy (non-hydrogen) atoms. The van der Waals surface area contributed by atoms with Crippen LogP contribution in [0.2, 0.25) is 0 Å². The number of alkyl halides is 3. The van der Waals surface area contributed by atoms with Crippen LogP contribution in [0.25, 0.3) is 21.7 Å². The highest BCUT2D eigenvalue weighted by atomic mass is 32.1. The summed E-state index contributed by atoms with van der Waals surface area (Å²) < 4.78 is 45.5. The number of anilines is 1. The van der Waals surface area contributed by atoms with Gasteiger partial charge in [0.1, 0.15) is 23.0 Å². The number of carbonyl (C=O) groups is 3. The molecule has 16 heteroatoms. The average molecular weight is 555 g/mol. The minimum atomic E-state index is -4.84. The van der Waals surface area contributed by atoms with Gasteiger partial charge in [-0.25, -0.2) is 29.3 Å². The molecule has 2 amide bonds. The fraction of sp³-hybridized carbons (Fsp3) is 0.273. The predicted octanol–water partition coefficient (Wildman–Crippen LogP) is 3.58. The number of nitrogens with one attached hydrogen (secondary N) is 2. The van der Waals surface area contributed by atoms with Crippen LogP contribution in [0.15, 0.2) is 23.8 Å². The summed E-state index contributed by atoms with van der Waals surface area (Å²) >= 11 is 0.474. The number of carbonyl (C=O) groups excluding carboxylic acids is 1. The van der Waals surface area contributed by atoms with E-state index in [1.807, 2.05) is 0 Å². The third-order valence-electron chi connectivity index (χ3n) is 4.72. The Kier molecular flexibility index (Phi) is 8.47. The first-order valence-corrected chi connectivity index (χ1v) is 11.6. The molecule has 0 spiro atoms. The highest BCUT2D eigenvalue weighted by molar-refractivity contribution is 7.13. The van der Waals surface area contributed by atoms with Gasteiger partial charge < -0.3 is 25.4 Å². The zero-order valence-corrected chi connectivity index (χ0v) is 20.5. The van der Waals surface area contributed by atoms with E-state index in [4.69, 9.17) is 4.74 Å². The normalized spacial score (nSPS) is 12.1. The van der Waals surface area contributed by atoms with Crippen LogP contribution in [0.1, 0.15) is 40.3 Å². The first kappa shape index (κ1) is 28.3. The summed E-state index contributed by atoms with van der Waals surface area (Å²) in [7, 11) is 0. The Balaban J connectivity index is 2.38. The number of pyridine rings is 2. The Morgan fingerprint density at radius 1 is 1.13 bits per heavy atom. The summed E-state index contributed by atoms with van der Waals surface area (Å²) in [4.78, 5) is 47.6. The minimum Gasteiger partial charge on any atom is -0.478 e. The van der Waals surface area contributed by atoms with Crippen molar-refractivity contribution in [2.75, 3.05) is 18.5 Å². The molecule has 0 bridgehead atoms. The summed E-state index contributed by atoms with van der Waals surface area (Å²) in [5.41, 5.74) is -3.10. The van der Waals surface area contributed by atoms with Crippen molar-refractivity contribution >= 4 is 35.1 Å². The van der Waals surface area contributed by atoms with Crippen molar-refractivity contribution in [1.29, 1.82) is 0 Å². The molecule has 3 aromatic heterocycles. The maximum Gasteiger partial charge on any atom is 0.434 e. The van der Waals surface area contributed by atoms with Gasteiger partial charge in [0, 0.05) is 41.0 Å². The van der Waals surface area contributed by atoms with Crippen LogP contribution in [0, 0.1) is 0 Å². The molecular weight excluding hydrogens is 535 g/mol. The van der Waals surface area contributed by atoms with Gasteiger partial charge in [-0.05, 0) is 19.9 Å². The third kappa shape index (κ3) is 6.33. The number of carboxylic acid groups (broad SMARTS) is 2. The van der Waals surface area contributed by atoms with Gasteiger partial charge in [-0.2, -0.15) is 13.2 Å². The van der Waals surface area contributed by atoms with Gasteiger partial charge in [0.25, 0.3) is 0 Å². The number of aliphatic hydroxyl groups is 1. The van der Waals surface area contributed by atoms with Crippen LogP contribution in [-0.4, -0.2) is 67.5 Å². The second-order valence-corrected chi connectivity index (χ2v) is 8.50. The zero-order valence-electron chi connectivity index (χ0n) is 19.7. The Morgan fingerprint density at radius 2 is 1.84 bits per heavy atom. The molecule has 202 valence electrons. The van der Waals surface area contributed by atoms with Gasteiger partial charge in [0.2, 0.25) is 5.88 Å². The van der Waals surface area contributed by atoms with E-state index in [0.717, 1.165) is 18.5 Å². The van der Waals surface area contributed by atoms with Crippen LogP contribution in [0.4, 0.5) is 23.8 Å². The molecule has 0 radical (unpaired) electrons. The average Bonchev–Trinajstić information content (AvgIpc) is 3.33. The van der Waals surface area contributed by atoms with Crippen molar-refractivity contribution in [3.05, 3.63) is 40.7 Å². The van der Waals surface area contributed by atoms with Gasteiger partial charge in [-0.15, -0.1) is 11.3 Å². The largest absolute Gasteiger partial charge is 0.478 e. The Bertz CT molecular complexity index is 1380. The lowest BCUT2D eigenvalue weighted by atomic mass is 9.97. The molecule has 0 saturated carbocycles. The number of hydrogen-bond acceptors (Lipinski definition) is 9. The van der Waals surface area contributed by atoms with E-state index in [1.54, 1.807) is 6.92 Å². The molecule has 0 aliphatic rings. The summed E-state index contributed by atoms with van der Waals surface area (Å²) in [5.74, 6) is -3.83. The number of aromatic carboxylic acids is 2. The molecule has 0 aliphatic carbocycles. The van der Waals surface area contributed by atoms with Crippen molar-refractivity contribution in [1.82, 2.24) is 20.3 Å². The number of hydrogen-bond donors (Lipinski definition) is 5. The number of carboxylic acids is 2. The summed E-state index contributed by atoms with van der Waals surface area (Å²) in [6.45, 7) is 2.88. The number of thiazole rings is 1. The lowest BCUT2D eigenvalue weighted by molar-refractivity contribution is -0.140. The molecule has 0 aliphatic heterocycles. The standard InChI is InChI=1S/C22H20F3N5O7S/c1-3-26-21(36)30-16-15(20(34)35)14(18-29-13(8-38-18)22(23,24)25)12(6-27-16)11-4-10(19(32)33)5-28-17(11)37-7-9(2)31/h4-6,8-9,31H,3,7H2,1-2H3,(H,32,33)(H,34,35)(H2,26,27,30,36)/t9-/m0/s1. The van der Waals surface area contributed by atoms with Crippen LogP contribution >= 0.6 is 11.3 Å². The van der Waals surface area contributed by atoms with Crippen molar-refractivity contribution in [2.24, 2.45) is 0 Å². The summed E-state index contributed by atoms with van der Waals surface area (Å²) in [6, 6.07) is 0.236. The molecule has 3 aromatic rings. The molecule has 3 rings (SSSR count). The van der Waals surface area contributed by atoms with Crippen molar-refractivity contribution in [3.63, 3.8) is 0 Å². The summed E-state index contributed by atoms with van der Waals surface area (Å²) in [5, 5.41) is 34.0. The number of amides is 2. The van der Waals surface area contributed by atoms with Crippen molar-refractivity contribution in [3.8, 4) is 27.6 Å². The monoisotopic (exact) mass is 555 g/mol. The predicted molar refractivity (Wildman–Crippen MR) is 127 cm³/mol. The van der Waals surface area contributed by atoms with Crippen LogP contribution in [0.5, 0.6) is 5.88 Å². The Labute approximate surface area is 216 Å². The molecular formula is C22H20F3N5O7S. The number of ether oxygens (including phenoxy) is 1. The maximum atomic E-state index is 13.3. The Morgan fingerprint density at radius 3 is 2.39 bits per heavy atom. The van der Waals surface area contributed by atoms with E-state index in [0.29, 0.717) is 16.7 Å². The van der Waals surface area contributed by atoms with E-state index in [-0.39, 0.29) is 35.7 Å². The fourth-order valence-corrected chi connectivity index (χ4v) is 4.04. The number of rotatable bonds is 9. The summed E-state index contributed by atoms with van der Waals surface area (Å²) in [6.07, 6.45) is -3.85. The van der Waals surface area contributed by atoms with E-state index in [9.17, 15) is 42.9 Å². The van der Waals surface area contributed by atoms with Gasteiger partial charge in [-0.3, -0.25) is 5.32 Å². The van der Waals surface area contributed by atoms with Gasteiger partial charge in [0.15, 0.2) is 5.69 Å². The molecule has 0 unspecified atom stereocenters. The van der Waals surface area contributed by atoms with Crippen LogP contribution in [-0.2, 0) is 6.18 Å². The van der Waals surface area contributed by atoms with E-state index >= 15 is 0 Å². The number of urea groups is 1. The second-order valence-electron chi connectivity index (χ2n) is 7.64. The van der Waals surface area contributed by atoms with Crippen LogP contribution in [0.3, 0.4) is 0 Å². The van der Waals surface area contributed by atoms with Crippen molar-refractivity contribution < 1.29 is 47.6 Å². The molecule has 0 saturated heterocycles. The SMILES string of the molecule is CCNC(=O)Nc1ncc(-c2cc(C(=O)O)cnc2OC[C@H](C)O)c(-c2nc(C(F)(F)F)cs2)c1C(=O)O. The number of halogens is 3. The lowest BCUT2D eigenvalue weighted by Crippen LogP contribution is -2.29. The Hall–Kier alpha value is -4.31. The third-order valence-corrected chi connectivity index (χ3v) is 5.58. The molecule has 5 N–H and O–H groups in total. The number of aliphatic hydroxyl groups excluding tert-OH is 1. The molecule has 0 fully saturated rings.